The lowest BCUT2D eigenvalue weighted by molar-refractivity contribution is -0.141. The largest absolute Gasteiger partial charge is 0.468 e. The molecule has 21 heavy (non-hydrogen) atoms. The van der Waals surface area contributed by atoms with Gasteiger partial charge in [0, 0.05) is 19.3 Å². The van der Waals surface area contributed by atoms with E-state index in [2.05, 4.69) is 4.74 Å². The molecule has 0 fully saturated rings. The fraction of sp³-hybridized carbons (Fsp3) is 0.500. The maximum Gasteiger partial charge on any atom is 0.321 e. The number of aromatic nitrogens is 1. The van der Waals surface area contributed by atoms with Gasteiger partial charge in [0.2, 0.25) is 10.0 Å². The predicted octanol–water partition coefficient (Wildman–Crippen LogP) is -0.304. The number of carbonyl (C=O) groups excluding carboxylic acids is 2. The van der Waals surface area contributed by atoms with E-state index in [1.807, 2.05) is 0 Å². The maximum absolute atomic E-state index is 12.6. The highest BCUT2D eigenvalue weighted by molar-refractivity contribution is 7.89. The van der Waals surface area contributed by atoms with Crippen LogP contribution < -0.4 is 5.73 Å². The lowest BCUT2D eigenvalue weighted by Crippen LogP contribution is -2.40. The van der Waals surface area contributed by atoms with E-state index in [4.69, 9.17) is 5.73 Å². The number of carbonyl (C=O) groups is 2. The van der Waals surface area contributed by atoms with E-state index < -0.39 is 34.5 Å². The van der Waals surface area contributed by atoms with Crippen molar-refractivity contribution in [2.45, 2.75) is 24.8 Å². The Hall–Kier alpha value is -1.87. The lowest BCUT2D eigenvalue weighted by Gasteiger charge is -2.24. The Morgan fingerprint density at radius 3 is 2.38 bits per heavy atom. The van der Waals surface area contributed by atoms with Crippen LogP contribution in [0.5, 0.6) is 0 Å². The molecular formula is C12H19N3O5S. The van der Waals surface area contributed by atoms with Gasteiger partial charge in [-0.2, -0.15) is 4.31 Å². The number of esters is 1. The third-order valence-corrected chi connectivity index (χ3v) is 4.91. The molecule has 0 spiro atoms. The second kappa shape index (κ2) is 6.27. The maximum atomic E-state index is 12.6. The minimum Gasteiger partial charge on any atom is -0.468 e. The number of hydrogen-bond acceptors (Lipinski definition) is 5. The number of aryl methyl sites for hydroxylation is 1. The molecule has 8 nitrogen and oxygen atoms in total. The van der Waals surface area contributed by atoms with Crippen LogP contribution in [0.2, 0.25) is 0 Å². The highest BCUT2D eigenvalue weighted by Crippen LogP contribution is 2.20. The molecular weight excluding hydrogens is 298 g/mol. The zero-order valence-electron chi connectivity index (χ0n) is 12.4. The standard InChI is InChI=1S/C12H19N3O5S/c1-8(2)15(7-11(16)20-4)21(18,19)9-5-10(12(13)17)14(3)6-9/h5-6,8H,7H2,1-4H3,(H2,13,17). The zero-order valence-corrected chi connectivity index (χ0v) is 13.2. The SMILES string of the molecule is COC(=O)CN(C(C)C)S(=O)(=O)c1cc(C(N)=O)n(C)c1. The summed E-state index contributed by atoms with van der Waals surface area (Å²) >= 11 is 0. The summed E-state index contributed by atoms with van der Waals surface area (Å²) in [4.78, 5) is 22.5. The van der Waals surface area contributed by atoms with Crippen molar-refractivity contribution in [3.05, 3.63) is 18.0 Å². The summed E-state index contributed by atoms with van der Waals surface area (Å²) < 4.78 is 32.0. The van der Waals surface area contributed by atoms with Crippen molar-refractivity contribution in [2.75, 3.05) is 13.7 Å². The molecule has 0 unspecified atom stereocenters. The summed E-state index contributed by atoms with van der Waals surface area (Å²) in [6.45, 7) is 2.87. The monoisotopic (exact) mass is 317 g/mol. The molecule has 1 heterocycles. The predicted molar refractivity (Wildman–Crippen MR) is 75.0 cm³/mol. The van der Waals surface area contributed by atoms with Crippen molar-refractivity contribution in [3.8, 4) is 0 Å². The smallest absolute Gasteiger partial charge is 0.321 e. The van der Waals surface area contributed by atoms with Crippen molar-refractivity contribution in [2.24, 2.45) is 12.8 Å². The first kappa shape index (κ1) is 17.2. The average molecular weight is 317 g/mol. The van der Waals surface area contributed by atoms with Crippen molar-refractivity contribution in [1.29, 1.82) is 0 Å². The fourth-order valence-corrected chi connectivity index (χ4v) is 3.45. The molecule has 0 aliphatic carbocycles. The van der Waals surface area contributed by atoms with Crippen LogP contribution in [0.1, 0.15) is 24.3 Å². The molecule has 0 atom stereocenters. The third-order valence-electron chi connectivity index (χ3n) is 2.93. The number of nitrogens with zero attached hydrogens (tertiary/aromatic N) is 2. The molecule has 0 aliphatic rings. The second-order valence-electron chi connectivity index (χ2n) is 4.76. The summed E-state index contributed by atoms with van der Waals surface area (Å²) in [5.41, 5.74) is 5.23. The minimum atomic E-state index is -3.94. The number of amides is 1. The minimum absolute atomic E-state index is 0.0651. The van der Waals surface area contributed by atoms with E-state index >= 15 is 0 Å². The van der Waals surface area contributed by atoms with Gasteiger partial charge in [0.05, 0.1) is 7.11 Å². The van der Waals surface area contributed by atoms with Crippen molar-refractivity contribution in [3.63, 3.8) is 0 Å². The Bertz CT molecular complexity index is 648. The van der Waals surface area contributed by atoms with E-state index in [0.29, 0.717) is 0 Å². The number of primary amides is 1. The van der Waals surface area contributed by atoms with E-state index in [1.165, 1.54) is 31.0 Å². The third kappa shape index (κ3) is 3.61. The Balaban J connectivity index is 3.26. The van der Waals surface area contributed by atoms with Crippen LogP contribution in [0.15, 0.2) is 17.2 Å². The quantitative estimate of drug-likeness (QED) is 0.724. The number of hydrogen-bond donors (Lipinski definition) is 1. The molecule has 1 amide bonds. The second-order valence-corrected chi connectivity index (χ2v) is 6.65. The highest BCUT2D eigenvalue weighted by atomic mass is 32.2. The van der Waals surface area contributed by atoms with Gasteiger partial charge in [-0.25, -0.2) is 8.42 Å². The summed E-state index contributed by atoms with van der Waals surface area (Å²) in [6, 6.07) is 0.732. The normalized spacial score (nSPS) is 11.9. The van der Waals surface area contributed by atoms with Gasteiger partial charge in [0.15, 0.2) is 0 Å². The first-order valence-corrected chi connectivity index (χ1v) is 7.60. The first-order chi connectivity index (χ1) is 9.61. The molecule has 0 radical (unpaired) electrons. The molecule has 0 saturated heterocycles. The number of sulfonamides is 1. The van der Waals surface area contributed by atoms with Gasteiger partial charge < -0.3 is 15.0 Å². The highest BCUT2D eigenvalue weighted by Gasteiger charge is 2.31. The fourth-order valence-electron chi connectivity index (χ4n) is 1.79. The van der Waals surface area contributed by atoms with E-state index in [0.717, 1.165) is 4.31 Å². The first-order valence-electron chi connectivity index (χ1n) is 6.16. The van der Waals surface area contributed by atoms with E-state index in [1.54, 1.807) is 13.8 Å². The van der Waals surface area contributed by atoms with Crippen LogP contribution in [0.25, 0.3) is 0 Å². The van der Waals surface area contributed by atoms with Gasteiger partial charge in [-0.3, -0.25) is 9.59 Å². The van der Waals surface area contributed by atoms with Crippen LogP contribution in [-0.2, 0) is 26.6 Å². The molecule has 2 N–H and O–H groups in total. The molecule has 0 aliphatic heterocycles. The molecule has 1 aromatic rings. The molecule has 9 heteroatoms. The van der Waals surface area contributed by atoms with Crippen LogP contribution >= 0.6 is 0 Å². The zero-order chi connectivity index (χ0) is 16.4. The molecule has 0 aromatic carbocycles. The van der Waals surface area contributed by atoms with Crippen LogP contribution in [-0.4, -0.2) is 48.9 Å². The van der Waals surface area contributed by atoms with E-state index in [9.17, 15) is 18.0 Å². The summed E-state index contributed by atoms with van der Waals surface area (Å²) in [6.07, 6.45) is 1.28. The van der Waals surface area contributed by atoms with Crippen molar-refractivity contribution < 1.29 is 22.7 Å². The van der Waals surface area contributed by atoms with Gasteiger partial charge in [-0.15, -0.1) is 0 Å². The summed E-state index contributed by atoms with van der Waals surface area (Å²) in [7, 11) is -1.24. The average Bonchev–Trinajstić information content (AvgIpc) is 2.77. The summed E-state index contributed by atoms with van der Waals surface area (Å²) in [5, 5.41) is 0. The molecule has 0 saturated carbocycles. The van der Waals surface area contributed by atoms with Gasteiger partial charge in [-0.05, 0) is 19.9 Å². The number of ether oxygens (including phenoxy) is 1. The van der Waals surface area contributed by atoms with Gasteiger partial charge in [0.1, 0.15) is 17.1 Å². The lowest BCUT2D eigenvalue weighted by atomic mass is 10.4. The van der Waals surface area contributed by atoms with Crippen molar-refractivity contribution in [1.82, 2.24) is 8.87 Å². The Morgan fingerprint density at radius 2 is 2.00 bits per heavy atom. The van der Waals surface area contributed by atoms with Crippen LogP contribution in [0.3, 0.4) is 0 Å². The molecule has 0 bridgehead atoms. The summed E-state index contributed by atoms with van der Waals surface area (Å²) in [5.74, 6) is -1.40. The number of methoxy groups -OCH3 is 1. The molecule has 1 aromatic heterocycles. The van der Waals surface area contributed by atoms with Gasteiger partial charge in [-0.1, -0.05) is 0 Å². The van der Waals surface area contributed by atoms with Crippen LogP contribution in [0.4, 0.5) is 0 Å². The topological polar surface area (TPSA) is 112 Å². The Kier molecular flexibility index (Phi) is 5.13. The molecule has 118 valence electrons. The number of nitrogens with two attached hydrogens (primary N) is 1. The van der Waals surface area contributed by atoms with Gasteiger partial charge in [0.25, 0.3) is 5.91 Å². The van der Waals surface area contributed by atoms with Gasteiger partial charge >= 0.3 is 5.97 Å². The van der Waals surface area contributed by atoms with E-state index in [-0.39, 0.29) is 10.6 Å². The van der Waals surface area contributed by atoms with Crippen molar-refractivity contribution >= 4 is 21.9 Å². The van der Waals surface area contributed by atoms with Crippen LogP contribution in [0, 0.1) is 0 Å². The Labute approximate surface area is 123 Å². The Morgan fingerprint density at radius 1 is 1.43 bits per heavy atom. The molecule has 1 rings (SSSR count). The number of rotatable bonds is 6.